The van der Waals surface area contributed by atoms with Crippen molar-refractivity contribution in [2.24, 2.45) is 5.41 Å². The lowest BCUT2D eigenvalue weighted by molar-refractivity contribution is -0.185. The molecule has 5 nitrogen and oxygen atoms in total. The minimum atomic E-state index is -1.19. The molecule has 1 fully saturated rings. The van der Waals surface area contributed by atoms with Crippen LogP contribution in [0.25, 0.3) is 0 Å². The number of methoxy groups -OCH3 is 1. The van der Waals surface area contributed by atoms with E-state index in [1.165, 1.54) is 18.4 Å². The van der Waals surface area contributed by atoms with Crippen molar-refractivity contribution < 1.29 is 19.1 Å². The molecule has 2 heterocycles. The largest absolute Gasteiger partial charge is 0.468 e. The van der Waals surface area contributed by atoms with Gasteiger partial charge in [0.05, 0.1) is 25.3 Å². The highest BCUT2D eigenvalue weighted by Gasteiger charge is 2.54. The number of nitrogens with one attached hydrogen (secondary N) is 1. The van der Waals surface area contributed by atoms with Gasteiger partial charge in [0.25, 0.3) is 0 Å². The standard InChI is InChI=1S/C10H10BrNO4S/c1-15-9(14)10(4-16-5-10)8(13)12-7-2-6(11)3-17-7/h2-3H,4-5H2,1H3,(H,12,13). The zero-order valence-corrected chi connectivity index (χ0v) is 11.4. The Morgan fingerprint density at radius 1 is 1.59 bits per heavy atom. The minimum absolute atomic E-state index is 0.0675. The third-order valence-electron chi connectivity index (χ3n) is 2.51. The van der Waals surface area contributed by atoms with Crippen LogP contribution in [0.5, 0.6) is 0 Å². The van der Waals surface area contributed by atoms with Crippen LogP contribution < -0.4 is 5.32 Å². The number of thiophene rings is 1. The van der Waals surface area contributed by atoms with Gasteiger partial charge >= 0.3 is 5.97 Å². The van der Waals surface area contributed by atoms with E-state index in [-0.39, 0.29) is 19.1 Å². The van der Waals surface area contributed by atoms with Crippen molar-refractivity contribution in [3.05, 3.63) is 15.9 Å². The van der Waals surface area contributed by atoms with Crippen LogP contribution in [0.3, 0.4) is 0 Å². The highest BCUT2D eigenvalue weighted by molar-refractivity contribution is 9.10. The molecule has 1 amide bonds. The fourth-order valence-electron chi connectivity index (χ4n) is 1.45. The van der Waals surface area contributed by atoms with E-state index in [1.54, 1.807) is 6.07 Å². The van der Waals surface area contributed by atoms with Crippen LogP contribution >= 0.6 is 27.3 Å². The number of halogens is 1. The Morgan fingerprint density at radius 3 is 2.71 bits per heavy atom. The third-order valence-corrected chi connectivity index (χ3v) is 4.12. The van der Waals surface area contributed by atoms with Gasteiger partial charge in [0, 0.05) is 9.85 Å². The van der Waals surface area contributed by atoms with Crippen LogP contribution in [-0.2, 0) is 19.1 Å². The molecule has 1 aromatic heterocycles. The van der Waals surface area contributed by atoms with Crippen LogP contribution in [0.4, 0.5) is 5.00 Å². The second-order valence-corrected chi connectivity index (χ2v) is 5.48. The van der Waals surface area contributed by atoms with E-state index in [0.29, 0.717) is 5.00 Å². The summed E-state index contributed by atoms with van der Waals surface area (Å²) in [6.07, 6.45) is 0. The maximum Gasteiger partial charge on any atom is 0.326 e. The van der Waals surface area contributed by atoms with Crippen LogP contribution in [0.2, 0.25) is 0 Å². The summed E-state index contributed by atoms with van der Waals surface area (Å²) in [5, 5.41) is 5.21. The molecule has 2 rings (SSSR count). The lowest BCUT2D eigenvalue weighted by Gasteiger charge is -2.36. The normalized spacial score (nSPS) is 17.1. The first kappa shape index (κ1) is 12.5. The molecule has 0 unspecified atom stereocenters. The van der Waals surface area contributed by atoms with E-state index in [9.17, 15) is 9.59 Å². The Hall–Kier alpha value is -0.920. The molecule has 7 heteroatoms. The van der Waals surface area contributed by atoms with E-state index >= 15 is 0 Å². The number of rotatable bonds is 3. The predicted molar refractivity (Wildman–Crippen MR) is 65.9 cm³/mol. The minimum Gasteiger partial charge on any atom is -0.468 e. The highest BCUT2D eigenvalue weighted by Crippen LogP contribution is 2.32. The molecule has 0 bridgehead atoms. The van der Waals surface area contributed by atoms with E-state index in [0.717, 1.165) is 4.47 Å². The molecule has 0 aromatic carbocycles. The molecule has 1 N–H and O–H groups in total. The Bertz CT molecular complexity index is 455. The van der Waals surface area contributed by atoms with Crippen molar-refractivity contribution in [3.8, 4) is 0 Å². The molecule has 0 aliphatic carbocycles. The fourth-order valence-corrected chi connectivity index (χ4v) is 2.77. The molecule has 1 saturated heterocycles. The van der Waals surface area contributed by atoms with Gasteiger partial charge in [0.15, 0.2) is 5.41 Å². The van der Waals surface area contributed by atoms with Gasteiger partial charge in [-0.3, -0.25) is 9.59 Å². The zero-order valence-electron chi connectivity index (χ0n) is 8.99. The Kier molecular flexibility index (Phi) is 3.50. The van der Waals surface area contributed by atoms with Gasteiger partial charge in [-0.05, 0) is 22.0 Å². The predicted octanol–water partition coefficient (Wildman–Crippen LogP) is 1.64. The maximum atomic E-state index is 12.0. The molecule has 1 aromatic rings. The third kappa shape index (κ3) is 2.22. The fraction of sp³-hybridized carbons (Fsp3) is 0.400. The molecular weight excluding hydrogens is 310 g/mol. The van der Waals surface area contributed by atoms with Gasteiger partial charge in [0.1, 0.15) is 0 Å². The molecule has 0 atom stereocenters. The summed E-state index contributed by atoms with van der Waals surface area (Å²) in [4.78, 5) is 23.6. The average Bonchev–Trinajstić information content (AvgIpc) is 2.62. The average molecular weight is 320 g/mol. The topological polar surface area (TPSA) is 64.6 Å². The summed E-state index contributed by atoms with van der Waals surface area (Å²) >= 11 is 4.67. The molecule has 1 aliphatic rings. The SMILES string of the molecule is COC(=O)C1(C(=O)Nc2cc(Br)cs2)COC1. The first-order valence-corrected chi connectivity index (χ1v) is 6.47. The lowest BCUT2D eigenvalue weighted by Crippen LogP contribution is -2.57. The Morgan fingerprint density at radius 2 is 2.29 bits per heavy atom. The number of anilines is 1. The maximum absolute atomic E-state index is 12.0. The highest BCUT2D eigenvalue weighted by atomic mass is 79.9. The first-order valence-electron chi connectivity index (χ1n) is 4.80. The number of carbonyl (C=O) groups is 2. The molecule has 0 radical (unpaired) electrons. The summed E-state index contributed by atoms with van der Waals surface area (Å²) in [6, 6.07) is 1.77. The van der Waals surface area contributed by atoms with Crippen molar-refractivity contribution in [2.45, 2.75) is 0 Å². The van der Waals surface area contributed by atoms with Crippen molar-refractivity contribution in [2.75, 3.05) is 25.6 Å². The summed E-state index contributed by atoms with van der Waals surface area (Å²) in [7, 11) is 1.26. The summed E-state index contributed by atoms with van der Waals surface area (Å²) < 4.78 is 10.5. The Labute approximate surface area is 110 Å². The number of esters is 1. The van der Waals surface area contributed by atoms with Crippen molar-refractivity contribution >= 4 is 44.1 Å². The van der Waals surface area contributed by atoms with Gasteiger partial charge in [0.2, 0.25) is 5.91 Å². The lowest BCUT2D eigenvalue weighted by atomic mass is 9.85. The first-order chi connectivity index (χ1) is 8.08. The number of carbonyl (C=O) groups excluding carboxylic acids is 2. The molecule has 1 aliphatic heterocycles. The zero-order chi connectivity index (χ0) is 12.5. The number of hydrogen-bond donors (Lipinski definition) is 1. The van der Waals surface area contributed by atoms with Crippen molar-refractivity contribution in [1.82, 2.24) is 0 Å². The van der Waals surface area contributed by atoms with Crippen LogP contribution in [0.15, 0.2) is 15.9 Å². The summed E-state index contributed by atoms with van der Waals surface area (Å²) in [5.74, 6) is -0.943. The second kappa shape index (κ2) is 4.75. The van der Waals surface area contributed by atoms with Gasteiger partial charge in [-0.2, -0.15) is 0 Å². The van der Waals surface area contributed by atoms with Gasteiger partial charge in [-0.15, -0.1) is 11.3 Å². The summed E-state index contributed by atoms with van der Waals surface area (Å²) in [5.41, 5.74) is -1.19. The monoisotopic (exact) mass is 319 g/mol. The van der Waals surface area contributed by atoms with Crippen molar-refractivity contribution in [1.29, 1.82) is 0 Å². The van der Waals surface area contributed by atoms with Crippen LogP contribution in [-0.4, -0.2) is 32.2 Å². The van der Waals surface area contributed by atoms with E-state index in [2.05, 4.69) is 26.0 Å². The van der Waals surface area contributed by atoms with Gasteiger partial charge in [-0.25, -0.2) is 0 Å². The summed E-state index contributed by atoms with van der Waals surface area (Å²) in [6.45, 7) is 0.135. The van der Waals surface area contributed by atoms with Crippen molar-refractivity contribution in [3.63, 3.8) is 0 Å². The number of amides is 1. The van der Waals surface area contributed by atoms with E-state index in [1.807, 2.05) is 5.38 Å². The molecule has 0 spiro atoms. The smallest absolute Gasteiger partial charge is 0.326 e. The number of ether oxygens (including phenoxy) is 2. The molecule has 0 saturated carbocycles. The number of hydrogen-bond acceptors (Lipinski definition) is 5. The van der Waals surface area contributed by atoms with Gasteiger partial charge < -0.3 is 14.8 Å². The molecule has 92 valence electrons. The van der Waals surface area contributed by atoms with E-state index < -0.39 is 11.4 Å². The Balaban J connectivity index is 2.11. The van der Waals surface area contributed by atoms with Gasteiger partial charge in [-0.1, -0.05) is 0 Å². The van der Waals surface area contributed by atoms with E-state index in [4.69, 9.17) is 4.74 Å². The molecule has 17 heavy (non-hydrogen) atoms. The molecular formula is C10H10BrNO4S. The second-order valence-electron chi connectivity index (χ2n) is 3.65. The van der Waals surface area contributed by atoms with Crippen LogP contribution in [0.1, 0.15) is 0 Å². The van der Waals surface area contributed by atoms with Crippen LogP contribution in [0, 0.1) is 5.41 Å². The quantitative estimate of drug-likeness (QED) is 0.679.